The van der Waals surface area contributed by atoms with E-state index in [-0.39, 0.29) is 12.5 Å². The first kappa shape index (κ1) is 12.5. The highest BCUT2D eigenvalue weighted by molar-refractivity contribution is 5.67. The second-order valence-corrected chi connectivity index (χ2v) is 3.37. The van der Waals surface area contributed by atoms with Crippen molar-refractivity contribution < 1.29 is 14.6 Å². The van der Waals surface area contributed by atoms with E-state index in [9.17, 15) is 4.79 Å². The van der Waals surface area contributed by atoms with E-state index < -0.39 is 5.97 Å². The SMILES string of the molecule is CCn1ccnc1NCC(CC(=O)O)OC. The van der Waals surface area contributed by atoms with Crippen LogP contribution in [-0.4, -0.2) is 40.4 Å². The summed E-state index contributed by atoms with van der Waals surface area (Å²) in [6.07, 6.45) is 3.20. The Morgan fingerprint density at radius 3 is 3.06 bits per heavy atom. The number of carboxylic acid groups (broad SMARTS) is 1. The molecule has 1 aromatic heterocycles. The predicted octanol–water partition coefficient (Wildman–Crippen LogP) is 0.805. The van der Waals surface area contributed by atoms with Gasteiger partial charge in [0.25, 0.3) is 0 Å². The van der Waals surface area contributed by atoms with E-state index in [1.807, 2.05) is 17.7 Å². The van der Waals surface area contributed by atoms with Gasteiger partial charge >= 0.3 is 5.97 Å². The topological polar surface area (TPSA) is 76.4 Å². The number of carbonyl (C=O) groups is 1. The van der Waals surface area contributed by atoms with Crippen LogP contribution in [-0.2, 0) is 16.1 Å². The lowest BCUT2D eigenvalue weighted by Gasteiger charge is -2.14. The Kier molecular flexibility index (Phi) is 4.78. The number of hydrogen-bond acceptors (Lipinski definition) is 4. The molecule has 2 N–H and O–H groups in total. The van der Waals surface area contributed by atoms with E-state index in [1.54, 1.807) is 6.20 Å². The molecule has 16 heavy (non-hydrogen) atoms. The highest BCUT2D eigenvalue weighted by Gasteiger charge is 2.12. The number of ether oxygens (including phenoxy) is 1. The number of methoxy groups -OCH3 is 1. The average Bonchev–Trinajstić information content (AvgIpc) is 2.70. The van der Waals surface area contributed by atoms with E-state index in [0.29, 0.717) is 6.54 Å². The van der Waals surface area contributed by atoms with Crippen molar-refractivity contribution in [1.82, 2.24) is 9.55 Å². The van der Waals surface area contributed by atoms with E-state index in [1.165, 1.54) is 7.11 Å². The number of imidazole rings is 1. The van der Waals surface area contributed by atoms with Gasteiger partial charge in [-0.25, -0.2) is 4.98 Å². The van der Waals surface area contributed by atoms with Gasteiger partial charge in [-0.2, -0.15) is 0 Å². The molecule has 0 amide bonds. The Morgan fingerprint density at radius 1 is 1.75 bits per heavy atom. The van der Waals surface area contributed by atoms with Crippen LogP contribution in [0.15, 0.2) is 12.4 Å². The number of hydrogen-bond donors (Lipinski definition) is 2. The lowest BCUT2D eigenvalue weighted by atomic mass is 10.2. The van der Waals surface area contributed by atoms with E-state index in [0.717, 1.165) is 12.5 Å². The zero-order valence-electron chi connectivity index (χ0n) is 9.51. The van der Waals surface area contributed by atoms with Crippen LogP contribution >= 0.6 is 0 Å². The molecule has 0 aromatic carbocycles. The first-order chi connectivity index (χ1) is 7.67. The highest BCUT2D eigenvalue weighted by atomic mass is 16.5. The summed E-state index contributed by atoms with van der Waals surface area (Å²) in [5.41, 5.74) is 0. The summed E-state index contributed by atoms with van der Waals surface area (Å²) in [4.78, 5) is 14.6. The number of rotatable bonds is 7. The standard InChI is InChI=1S/C10H17N3O3/c1-3-13-5-4-11-10(13)12-7-8(16-2)6-9(14)15/h4-5,8H,3,6-7H2,1-2H3,(H,11,12)(H,14,15). The van der Waals surface area contributed by atoms with Crippen LogP contribution < -0.4 is 5.32 Å². The van der Waals surface area contributed by atoms with E-state index in [2.05, 4.69) is 10.3 Å². The first-order valence-corrected chi connectivity index (χ1v) is 5.17. The van der Waals surface area contributed by atoms with Crippen molar-refractivity contribution in [2.75, 3.05) is 19.0 Å². The van der Waals surface area contributed by atoms with Crippen LogP contribution in [0, 0.1) is 0 Å². The third kappa shape index (κ3) is 3.54. The van der Waals surface area contributed by atoms with Gasteiger partial charge in [0.1, 0.15) is 0 Å². The summed E-state index contributed by atoms with van der Waals surface area (Å²) in [6, 6.07) is 0. The van der Waals surface area contributed by atoms with Gasteiger partial charge in [-0.1, -0.05) is 0 Å². The molecule has 0 fully saturated rings. The number of aliphatic carboxylic acids is 1. The minimum atomic E-state index is -0.868. The van der Waals surface area contributed by atoms with Crippen LogP contribution in [0.4, 0.5) is 5.95 Å². The molecule has 1 unspecified atom stereocenters. The van der Waals surface area contributed by atoms with Crippen LogP contribution in [0.3, 0.4) is 0 Å². The Balaban J connectivity index is 2.46. The molecule has 0 aliphatic heterocycles. The van der Waals surface area contributed by atoms with Gasteiger partial charge in [-0.15, -0.1) is 0 Å². The molecule has 1 aromatic rings. The molecule has 0 saturated heterocycles. The summed E-state index contributed by atoms with van der Waals surface area (Å²) >= 11 is 0. The largest absolute Gasteiger partial charge is 0.481 e. The van der Waals surface area contributed by atoms with Crippen LogP contribution in [0.5, 0.6) is 0 Å². The monoisotopic (exact) mass is 227 g/mol. The van der Waals surface area contributed by atoms with Gasteiger partial charge in [-0.3, -0.25) is 4.79 Å². The smallest absolute Gasteiger partial charge is 0.306 e. The molecule has 0 aliphatic rings. The van der Waals surface area contributed by atoms with Crippen LogP contribution in [0.25, 0.3) is 0 Å². The molecule has 0 bridgehead atoms. The van der Waals surface area contributed by atoms with Crippen molar-refractivity contribution in [2.45, 2.75) is 26.0 Å². The molecule has 0 aliphatic carbocycles. The molecule has 1 rings (SSSR count). The second-order valence-electron chi connectivity index (χ2n) is 3.37. The number of aryl methyl sites for hydroxylation is 1. The predicted molar refractivity (Wildman–Crippen MR) is 59.4 cm³/mol. The summed E-state index contributed by atoms with van der Waals surface area (Å²) in [7, 11) is 1.50. The number of aromatic nitrogens is 2. The zero-order valence-corrected chi connectivity index (χ0v) is 9.51. The highest BCUT2D eigenvalue weighted by Crippen LogP contribution is 2.05. The van der Waals surface area contributed by atoms with Gasteiger partial charge in [0.15, 0.2) is 0 Å². The Hall–Kier alpha value is -1.56. The number of carboxylic acids is 1. The summed E-state index contributed by atoms with van der Waals surface area (Å²) in [5.74, 6) is -0.137. The normalized spacial score (nSPS) is 12.4. The summed E-state index contributed by atoms with van der Waals surface area (Å²) in [6.45, 7) is 3.26. The van der Waals surface area contributed by atoms with Crippen LogP contribution in [0.2, 0.25) is 0 Å². The number of nitrogens with one attached hydrogen (secondary N) is 1. The van der Waals surface area contributed by atoms with Gasteiger partial charge in [0, 0.05) is 32.6 Å². The number of nitrogens with zero attached hydrogens (tertiary/aromatic N) is 2. The Morgan fingerprint density at radius 2 is 2.50 bits per heavy atom. The molecular formula is C10H17N3O3. The fourth-order valence-electron chi connectivity index (χ4n) is 1.37. The molecule has 6 nitrogen and oxygen atoms in total. The minimum Gasteiger partial charge on any atom is -0.481 e. The van der Waals surface area contributed by atoms with E-state index >= 15 is 0 Å². The third-order valence-corrected chi connectivity index (χ3v) is 2.28. The molecule has 1 heterocycles. The molecular weight excluding hydrogens is 210 g/mol. The van der Waals surface area contributed by atoms with Gasteiger partial charge < -0.3 is 19.7 Å². The molecule has 0 radical (unpaired) electrons. The quantitative estimate of drug-likeness (QED) is 0.720. The molecule has 90 valence electrons. The average molecular weight is 227 g/mol. The van der Waals surface area contributed by atoms with Crippen molar-refractivity contribution >= 4 is 11.9 Å². The van der Waals surface area contributed by atoms with Crippen molar-refractivity contribution in [2.24, 2.45) is 0 Å². The van der Waals surface area contributed by atoms with Crippen molar-refractivity contribution in [1.29, 1.82) is 0 Å². The first-order valence-electron chi connectivity index (χ1n) is 5.17. The molecule has 1 atom stereocenters. The van der Waals surface area contributed by atoms with E-state index in [4.69, 9.17) is 9.84 Å². The summed E-state index contributed by atoms with van der Waals surface area (Å²) < 4.78 is 6.99. The number of anilines is 1. The minimum absolute atomic E-state index is 0.0175. The molecule has 6 heteroatoms. The van der Waals surface area contributed by atoms with Crippen LogP contribution in [0.1, 0.15) is 13.3 Å². The third-order valence-electron chi connectivity index (χ3n) is 2.28. The fourth-order valence-corrected chi connectivity index (χ4v) is 1.37. The maximum Gasteiger partial charge on any atom is 0.306 e. The lowest BCUT2D eigenvalue weighted by Crippen LogP contribution is -2.26. The Labute approximate surface area is 94.2 Å². The fraction of sp³-hybridized carbons (Fsp3) is 0.600. The molecule has 0 spiro atoms. The van der Waals surface area contributed by atoms with Crippen molar-refractivity contribution in [3.05, 3.63) is 12.4 Å². The van der Waals surface area contributed by atoms with Gasteiger partial charge in [0.2, 0.25) is 5.95 Å². The maximum atomic E-state index is 10.5. The molecule has 0 saturated carbocycles. The van der Waals surface area contributed by atoms with Gasteiger partial charge in [0.05, 0.1) is 12.5 Å². The lowest BCUT2D eigenvalue weighted by molar-refractivity contribution is -0.139. The maximum absolute atomic E-state index is 10.5. The zero-order chi connectivity index (χ0) is 12.0. The second kappa shape index (κ2) is 6.12. The van der Waals surface area contributed by atoms with Gasteiger partial charge in [-0.05, 0) is 6.92 Å². The summed E-state index contributed by atoms with van der Waals surface area (Å²) in [5, 5.41) is 11.7. The van der Waals surface area contributed by atoms with Crippen molar-refractivity contribution in [3.63, 3.8) is 0 Å². The Bertz CT molecular complexity index is 338. The van der Waals surface area contributed by atoms with Crippen molar-refractivity contribution in [3.8, 4) is 0 Å².